The van der Waals surface area contributed by atoms with Crippen LogP contribution in [0.4, 0.5) is 0 Å². The Morgan fingerprint density at radius 1 is 1.41 bits per heavy atom. The third kappa shape index (κ3) is 2.22. The van der Waals surface area contributed by atoms with Crippen molar-refractivity contribution in [3.05, 3.63) is 29.7 Å². The molecule has 0 aliphatic rings. The Hall–Kier alpha value is -1.68. The molecule has 0 amide bonds. The van der Waals surface area contributed by atoms with Crippen molar-refractivity contribution in [3.63, 3.8) is 0 Å². The van der Waals surface area contributed by atoms with E-state index in [0.717, 1.165) is 16.7 Å². The quantitative estimate of drug-likeness (QED) is 0.814. The van der Waals surface area contributed by atoms with Crippen molar-refractivity contribution in [1.29, 1.82) is 0 Å². The maximum atomic E-state index is 11.6. The Labute approximate surface area is 100 Å². The standard InChI is InChI=1S/C13H16N2O2/c1-8(16)13(15(3)4)10-5-6-12-11(7-10)14-9(2)17-12/h5-7,13H,1-4H3. The van der Waals surface area contributed by atoms with E-state index in [4.69, 9.17) is 4.42 Å². The van der Waals surface area contributed by atoms with Gasteiger partial charge in [0.25, 0.3) is 0 Å². The van der Waals surface area contributed by atoms with Gasteiger partial charge in [-0.15, -0.1) is 0 Å². The third-order valence-electron chi connectivity index (χ3n) is 2.74. The second-order valence-electron chi connectivity index (χ2n) is 4.44. The van der Waals surface area contributed by atoms with Crippen molar-refractivity contribution in [2.24, 2.45) is 0 Å². The molecule has 1 heterocycles. The maximum absolute atomic E-state index is 11.6. The van der Waals surface area contributed by atoms with Crippen molar-refractivity contribution in [2.45, 2.75) is 19.9 Å². The fourth-order valence-corrected chi connectivity index (χ4v) is 2.13. The minimum Gasteiger partial charge on any atom is -0.441 e. The third-order valence-corrected chi connectivity index (χ3v) is 2.74. The molecule has 0 aliphatic heterocycles. The first kappa shape index (κ1) is 11.8. The van der Waals surface area contributed by atoms with E-state index in [-0.39, 0.29) is 11.8 Å². The number of hydrogen-bond donors (Lipinski definition) is 0. The molecule has 0 aliphatic carbocycles. The molecule has 2 rings (SSSR count). The zero-order valence-electron chi connectivity index (χ0n) is 10.5. The topological polar surface area (TPSA) is 46.3 Å². The number of carbonyl (C=O) groups is 1. The van der Waals surface area contributed by atoms with Gasteiger partial charge in [0.05, 0.1) is 6.04 Å². The Morgan fingerprint density at radius 2 is 2.12 bits per heavy atom. The van der Waals surface area contributed by atoms with Gasteiger partial charge in [-0.1, -0.05) is 6.07 Å². The molecular formula is C13H16N2O2. The second-order valence-corrected chi connectivity index (χ2v) is 4.44. The SMILES string of the molecule is CC(=O)C(c1ccc2oc(C)nc2c1)N(C)C. The Morgan fingerprint density at radius 3 is 2.71 bits per heavy atom. The molecule has 2 aromatic rings. The fourth-order valence-electron chi connectivity index (χ4n) is 2.13. The number of fused-ring (bicyclic) bond motifs is 1. The predicted molar refractivity (Wildman–Crippen MR) is 65.9 cm³/mol. The van der Waals surface area contributed by atoms with Crippen LogP contribution in [-0.2, 0) is 4.79 Å². The van der Waals surface area contributed by atoms with Crippen LogP contribution in [0, 0.1) is 6.92 Å². The van der Waals surface area contributed by atoms with Gasteiger partial charge in [-0.05, 0) is 38.7 Å². The summed E-state index contributed by atoms with van der Waals surface area (Å²) >= 11 is 0. The van der Waals surface area contributed by atoms with Crippen LogP contribution in [0.15, 0.2) is 22.6 Å². The highest BCUT2D eigenvalue weighted by atomic mass is 16.3. The van der Waals surface area contributed by atoms with Gasteiger partial charge in [0.2, 0.25) is 0 Å². The minimum absolute atomic E-state index is 0.120. The Bertz CT molecular complexity index is 558. The summed E-state index contributed by atoms with van der Waals surface area (Å²) in [6.45, 7) is 3.41. The van der Waals surface area contributed by atoms with E-state index in [1.54, 1.807) is 6.92 Å². The summed E-state index contributed by atoms with van der Waals surface area (Å²) in [6.07, 6.45) is 0. The van der Waals surface area contributed by atoms with E-state index in [2.05, 4.69) is 4.98 Å². The van der Waals surface area contributed by atoms with Crippen molar-refractivity contribution >= 4 is 16.9 Å². The van der Waals surface area contributed by atoms with Gasteiger partial charge >= 0.3 is 0 Å². The Balaban J connectivity index is 2.50. The summed E-state index contributed by atoms with van der Waals surface area (Å²) in [7, 11) is 3.79. The molecule has 4 nitrogen and oxygen atoms in total. The van der Waals surface area contributed by atoms with Gasteiger partial charge in [-0.3, -0.25) is 9.69 Å². The molecule has 0 spiro atoms. The number of ketones is 1. The molecule has 4 heteroatoms. The molecule has 0 N–H and O–H groups in total. The van der Waals surface area contributed by atoms with Crippen LogP contribution in [0.2, 0.25) is 0 Å². The van der Waals surface area contributed by atoms with E-state index in [9.17, 15) is 4.79 Å². The van der Waals surface area contributed by atoms with Crippen LogP contribution < -0.4 is 0 Å². The van der Waals surface area contributed by atoms with Gasteiger partial charge in [-0.25, -0.2) is 4.98 Å². The minimum atomic E-state index is -0.226. The van der Waals surface area contributed by atoms with Crippen molar-refractivity contribution in [2.75, 3.05) is 14.1 Å². The molecule has 1 unspecified atom stereocenters. The first-order chi connectivity index (χ1) is 7.99. The van der Waals surface area contributed by atoms with Crippen LogP contribution in [0.1, 0.15) is 24.4 Å². The highest BCUT2D eigenvalue weighted by molar-refractivity contribution is 5.84. The number of Topliss-reactive ketones (excluding diaryl/α,β-unsaturated/α-hetero) is 1. The molecule has 1 aromatic carbocycles. The number of rotatable bonds is 3. The van der Waals surface area contributed by atoms with E-state index >= 15 is 0 Å². The van der Waals surface area contributed by atoms with Crippen LogP contribution >= 0.6 is 0 Å². The lowest BCUT2D eigenvalue weighted by molar-refractivity contribution is -0.121. The number of aryl methyl sites for hydroxylation is 1. The number of aromatic nitrogens is 1. The van der Waals surface area contributed by atoms with E-state index in [1.165, 1.54) is 0 Å². The van der Waals surface area contributed by atoms with Gasteiger partial charge < -0.3 is 4.42 Å². The highest BCUT2D eigenvalue weighted by Gasteiger charge is 2.19. The van der Waals surface area contributed by atoms with E-state index < -0.39 is 0 Å². The molecular weight excluding hydrogens is 216 g/mol. The average Bonchev–Trinajstić information content (AvgIpc) is 2.56. The lowest BCUT2D eigenvalue weighted by Gasteiger charge is -2.21. The molecule has 0 bridgehead atoms. The summed E-state index contributed by atoms with van der Waals surface area (Å²) in [5.41, 5.74) is 2.50. The summed E-state index contributed by atoms with van der Waals surface area (Å²) in [4.78, 5) is 17.8. The molecule has 0 radical (unpaired) electrons. The van der Waals surface area contributed by atoms with E-state index in [1.807, 2.05) is 44.1 Å². The largest absolute Gasteiger partial charge is 0.441 e. The smallest absolute Gasteiger partial charge is 0.192 e. The zero-order valence-corrected chi connectivity index (χ0v) is 10.5. The number of oxazole rings is 1. The van der Waals surface area contributed by atoms with Gasteiger partial charge in [0.15, 0.2) is 17.3 Å². The first-order valence-corrected chi connectivity index (χ1v) is 5.53. The summed E-state index contributed by atoms with van der Waals surface area (Å²) in [6, 6.07) is 5.47. The monoisotopic (exact) mass is 232 g/mol. The number of nitrogens with zero attached hydrogens (tertiary/aromatic N) is 2. The van der Waals surface area contributed by atoms with Crippen molar-refractivity contribution in [3.8, 4) is 0 Å². The van der Waals surface area contributed by atoms with Crippen LogP contribution in [0.25, 0.3) is 11.1 Å². The van der Waals surface area contributed by atoms with Crippen LogP contribution in [-0.4, -0.2) is 29.8 Å². The predicted octanol–water partition coefficient (Wildman–Crippen LogP) is 2.33. The molecule has 1 aromatic heterocycles. The van der Waals surface area contributed by atoms with Crippen LogP contribution in [0.5, 0.6) is 0 Å². The normalized spacial score (nSPS) is 13.2. The summed E-state index contributed by atoms with van der Waals surface area (Å²) in [5.74, 6) is 0.760. The molecule has 17 heavy (non-hydrogen) atoms. The lowest BCUT2D eigenvalue weighted by atomic mass is 10.0. The maximum Gasteiger partial charge on any atom is 0.192 e. The van der Waals surface area contributed by atoms with Crippen molar-refractivity contribution in [1.82, 2.24) is 9.88 Å². The number of likely N-dealkylation sites (N-methyl/N-ethyl adjacent to an activating group) is 1. The summed E-state index contributed by atoms with van der Waals surface area (Å²) in [5, 5.41) is 0. The van der Waals surface area contributed by atoms with Gasteiger partial charge in [-0.2, -0.15) is 0 Å². The number of carbonyl (C=O) groups excluding carboxylic acids is 1. The van der Waals surface area contributed by atoms with Gasteiger partial charge in [0.1, 0.15) is 5.52 Å². The number of benzene rings is 1. The first-order valence-electron chi connectivity index (χ1n) is 5.53. The van der Waals surface area contributed by atoms with Crippen LogP contribution in [0.3, 0.4) is 0 Å². The fraction of sp³-hybridized carbons (Fsp3) is 0.385. The second kappa shape index (κ2) is 4.30. The highest BCUT2D eigenvalue weighted by Crippen LogP contribution is 2.24. The Kier molecular flexibility index (Phi) is 2.98. The van der Waals surface area contributed by atoms with Gasteiger partial charge in [0, 0.05) is 6.92 Å². The summed E-state index contributed by atoms with van der Waals surface area (Å²) < 4.78 is 5.41. The molecule has 90 valence electrons. The molecule has 0 saturated heterocycles. The average molecular weight is 232 g/mol. The molecule has 0 saturated carbocycles. The number of hydrogen-bond acceptors (Lipinski definition) is 4. The van der Waals surface area contributed by atoms with E-state index in [0.29, 0.717) is 5.89 Å². The molecule has 0 fully saturated rings. The molecule has 1 atom stereocenters. The lowest BCUT2D eigenvalue weighted by Crippen LogP contribution is -2.25. The zero-order chi connectivity index (χ0) is 12.6. The van der Waals surface area contributed by atoms with Crippen molar-refractivity contribution < 1.29 is 9.21 Å².